The van der Waals surface area contributed by atoms with Crippen LogP contribution in [0.5, 0.6) is 0 Å². The minimum atomic E-state index is -3.49. The standard InChI is InChI=1S/C13H20N4O2S2/c1-4-11-5-6-13(20-11)21(18,19)15-12(10(2)3)9-17-8-7-14-16-17/h5-8,10,12,15H,4,9H2,1-3H3. The van der Waals surface area contributed by atoms with Crippen LogP contribution in [0.1, 0.15) is 25.6 Å². The van der Waals surface area contributed by atoms with Gasteiger partial charge in [0.2, 0.25) is 10.0 Å². The molecule has 0 aliphatic heterocycles. The Bertz CT molecular complexity index is 662. The first kappa shape index (κ1) is 16.1. The van der Waals surface area contributed by atoms with Gasteiger partial charge >= 0.3 is 0 Å². The first-order valence-electron chi connectivity index (χ1n) is 6.87. The molecule has 0 saturated heterocycles. The maximum Gasteiger partial charge on any atom is 0.250 e. The smallest absolute Gasteiger partial charge is 0.250 e. The van der Waals surface area contributed by atoms with Crippen LogP contribution in [-0.4, -0.2) is 29.5 Å². The summed E-state index contributed by atoms with van der Waals surface area (Å²) in [5, 5.41) is 7.63. The number of aromatic nitrogens is 3. The van der Waals surface area contributed by atoms with Crippen LogP contribution in [0, 0.1) is 5.92 Å². The van der Waals surface area contributed by atoms with Crippen molar-refractivity contribution in [2.75, 3.05) is 0 Å². The fourth-order valence-corrected chi connectivity index (χ4v) is 4.55. The molecule has 8 heteroatoms. The molecule has 1 atom stereocenters. The van der Waals surface area contributed by atoms with E-state index in [2.05, 4.69) is 15.0 Å². The zero-order chi connectivity index (χ0) is 15.5. The van der Waals surface area contributed by atoms with Crippen LogP contribution >= 0.6 is 11.3 Å². The lowest BCUT2D eigenvalue weighted by molar-refractivity contribution is 0.379. The highest BCUT2D eigenvalue weighted by atomic mass is 32.2. The van der Waals surface area contributed by atoms with Gasteiger partial charge in [-0.05, 0) is 24.5 Å². The van der Waals surface area contributed by atoms with E-state index in [9.17, 15) is 8.42 Å². The Labute approximate surface area is 129 Å². The highest BCUT2D eigenvalue weighted by Gasteiger charge is 2.24. The van der Waals surface area contributed by atoms with Crippen LogP contribution < -0.4 is 4.72 Å². The second-order valence-corrected chi connectivity index (χ2v) is 8.28. The minimum Gasteiger partial charge on any atom is -0.251 e. The predicted octanol–water partition coefficient (Wildman–Crippen LogP) is 1.91. The average molecular weight is 328 g/mol. The van der Waals surface area contributed by atoms with Gasteiger partial charge in [-0.3, -0.25) is 4.68 Å². The van der Waals surface area contributed by atoms with E-state index in [1.54, 1.807) is 23.1 Å². The van der Waals surface area contributed by atoms with Gasteiger partial charge in [0.05, 0.1) is 12.7 Å². The number of nitrogens with zero attached hydrogens (tertiary/aromatic N) is 3. The van der Waals surface area contributed by atoms with Gasteiger partial charge in [-0.15, -0.1) is 16.4 Å². The van der Waals surface area contributed by atoms with Crippen LogP contribution in [0.25, 0.3) is 0 Å². The van der Waals surface area contributed by atoms with Crippen LogP contribution in [0.15, 0.2) is 28.7 Å². The van der Waals surface area contributed by atoms with Gasteiger partial charge in [0.15, 0.2) is 0 Å². The summed E-state index contributed by atoms with van der Waals surface area (Å²) in [6, 6.07) is 3.29. The number of nitrogens with one attached hydrogen (secondary N) is 1. The van der Waals surface area contributed by atoms with Gasteiger partial charge in [-0.25, -0.2) is 13.1 Å². The Morgan fingerprint density at radius 2 is 2.14 bits per heavy atom. The molecular weight excluding hydrogens is 308 g/mol. The largest absolute Gasteiger partial charge is 0.251 e. The summed E-state index contributed by atoms with van der Waals surface area (Å²) in [5.74, 6) is 0.148. The third-order valence-corrected chi connectivity index (χ3v) is 6.43. The summed E-state index contributed by atoms with van der Waals surface area (Å²) in [4.78, 5) is 1.06. The Balaban J connectivity index is 2.15. The van der Waals surface area contributed by atoms with Crippen molar-refractivity contribution in [3.63, 3.8) is 0 Å². The molecule has 0 aliphatic carbocycles. The monoisotopic (exact) mass is 328 g/mol. The zero-order valence-electron chi connectivity index (χ0n) is 12.4. The van der Waals surface area contributed by atoms with Crippen molar-refractivity contribution in [1.82, 2.24) is 19.7 Å². The lowest BCUT2D eigenvalue weighted by Crippen LogP contribution is -2.41. The highest BCUT2D eigenvalue weighted by Crippen LogP contribution is 2.22. The van der Waals surface area contributed by atoms with Gasteiger partial charge in [-0.2, -0.15) is 0 Å². The van der Waals surface area contributed by atoms with E-state index in [0.717, 1.165) is 11.3 Å². The van der Waals surface area contributed by atoms with E-state index in [0.29, 0.717) is 10.8 Å². The number of hydrogen-bond acceptors (Lipinski definition) is 5. The molecule has 2 aromatic heterocycles. The third kappa shape index (κ3) is 4.12. The van der Waals surface area contributed by atoms with Gasteiger partial charge in [0.1, 0.15) is 4.21 Å². The molecule has 0 bridgehead atoms. The van der Waals surface area contributed by atoms with Crippen molar-refractivity contribution in [2.24, 2.45) is 5.92 Å². The van der Waals surface area contributed by atoms with E-state index in [4.69, 9.17) is 0 Å². The zero-order valence-corrected chi connectivity index (χ0v) is 14.0. The molecule has 1 unspecified atom stereocenters. The molecule has 6 nitrogen and oxygen atoms in total. The lowest BCUT2D eigenvalue weighted by Gasteiger charge is -2.21. The first-order valence-corrected chi connectivity index (χ1v) is 9.17. The molecule has 0 amide bonds. The summed E-state index contributed by atoms with van der Waals surface area (Å²) in [6.07, 6.45) is 4.15. The van der Waals surface area contributed by atoms with E-state index in [1.165, 1.54) is 11.3 Å². The second kappa shape index (κ2) is 6.67. The van der Waals surface area contributed by atoms with E-state index >= 15 is 0 Å². The third-order valence-electron chi connectivity index (χ3n) is 3.22. The summed E-state index contributed by atoms with van der Waals surface area (Å²) < 4.78 is 29.7. The maximum atomic E-state index is 12.5. The van der Waals surface area contributed by atoms with E-state index in [1.807, 2.05) is 26.8 Å². The van der Waals surface area contributed by atoms with Crippen LogP contribution in [-0.2, 0) is 23.0 Å². The molecule has 0 saturated carbocycles. The predicted molar refractivity (Wildman–Crippen MR) is 82.7 cm³/mol. The van der Waals surface area contributed by atoms with Gasteiger partial charge in [0.25, 0.3) is 0 Å². The Kier molecular flexibility index (Phi) is 5.13. The molecule has 1 N–H and O–H groups in total. The molecule has 2 heterocycles. The number of hydrogen-bond donors (Lipinski definition) is 1. The van der Waals surface area contributed by atoms with Crippen molar-refractivity contribution in [3.05, 3.63) is 29.4 Å². The molecule has 2 rings (SSSR count). The molecule has 21 heavy (non-hydrogen) atoms. The normalized spacial score (nSPS) is 13.7. The van der Waals surface area contributed by atoms with Crippen molar-refractivity contribution >= 4 is 21.4 Å². The Morgan fingerprint density at radius 3 is 2.67 bits per heavy atom. The molecule has 0 radical (unpaired) electrons. The molecule has 116 valence electrons. The van der Waals surface area contributed by atoms with Gasteiger partial charge in [0, 0.05) is 17.1 Å². The molecule has 2 aromatic rings. The number of rotatable bonds is 7. The number of aryl methyl sites for hydroxylation is 1. The first-order chi connectivity index (χ1) is 9.92. The van der Waals surface area contributed by atoms with Gasteiger partial charge in [-0.1, -0.05) is 26.0 Å². The van der Waals surface area contributed by atoms with Gasteiger partial charge < -0.3 is 0 Å². The summed E-state index contributed by atoms with van der Waals surface area (Å²) in [5.41, 5.74) is 0. The highest BCUT2D eigenvalue weighted by molar-refractivity contribution is 7.91. The molecule has 0 fully saturated rings. The summed E-state index contributed by atoms with van der Waals surface area (Å²) in [6.45, 7) is 6.44. The maximum absolute atomic E-state index is 12.5. The van der Waals surface area contributed by atoms with E-state index < -0.39 is 10.0 Å². The molecule has 0 aromatic carbocycles. The molecule has 0 spiro atoms. The number of thiophene rings is 1. The van der Waals surface area contributed by atoms with Crippen LogP contribution in [0.2, 0.25) is 0 Å². The summed E-state index contributed by atoms with van der Waals surface area (Å²) >= 11 is 1.32. The van der Waals surface area contributed by atoms with Crippen LogP contribution in [0.3, 0.4) is 0 Å². The molecular formula is C13H20N4O2S2. The van der Waals surface area contributed by atoms with Crippen molar-refractivity contribution in [2.45, 2.75) is 44.0 Å². The number of sulfonamides is 1. The quantitative estimate of drug-likeness (QED) is 0.842. The van der Waals surface area contributed by atoms with Crippen molar-refractivity contribution in [1.29, 1.82) is 0 Å². The lowest BCUT2D eigenvalue weighted by atomic mass is 10.1. The van der Waals surface area contributed by atoms with Crippen molar-refractivity contribution < 1.29 is 8.42 Å². The minimum absolute atomic E-state index is 0.148. The average Bonchev–Trinajstić information content (AvgIpc) is 3.08. The Morgan fingerprint density at radius 1 is 1.38 bits per heavy atom. The van der Waals surface area contributed by atoms with E-state index in [-0.39, 0.29) is 12.0 Å². The summed E-state index contributed by atoms with van der Waals surface area (Å²) in [7, 11) is -3.49. The van der Waals surface area contributed by atoms with Crippen molar-refractivity contribution in [3.8, 4) is 0 Å². The SMILES string of the molecule is CCc1ccc(S(=O)(=O)NC(Cn2ccnn2)C(C)C)s1. The fraction of sp³-hybridized carbons (Fsp3) is 0.538. The fourth-order valence-electron chi connectivity index (χ4n) is 1.87. The topological polar surface area (TPSA) is 76.9 Å². The second-order valence-electron chi connectivity index (χ2n) is 5.17. The van der Waals surface area contributed by atoms with Crippen LogP contribution in [0.4, 0.5) is 0 Å². The molecule has 0 aliphatic rings. The Hall–Kier alpha value is -1.25.